The lowest BCUT2D eigenvalue weighted by atomic mass is 9.68. The zero-order valence-electron chi connectivity index (χ0n) is 21.3. The third kappa shape index (κ3) is 5.38. The third-order valence-electron chi connectivity index (χ3n) is 7.44. The molecule has 1 aliphatic heterocycles. The molecule has 1 aliphatic carbocycles. The van der Waals surface area contributed by atoms with Crippen LogP contribution in [-0.2, 0) is 9.59 Å². The molecule has 1 heterocycles. The lowest BCUT2D eigenvalue weighted by Gasteiger charge is -2.36. The Morgan fingerprint density at radius 2 is 1.89 bits per heavy atom. The van der Waals surface area contributed by atoms with Crippen LogP contribution in [0, 0.1) is 21.3 Å². The van der Waals surface area contributed by atoms with Gasteiger partial charge in [0.15, 0.2) is 11.5 Å². The maximum absolute atomic E-state index is 13.4. The number of phenolic OH excluding ortho intramolecular Hbond substituents is 1. The number of aliphatic hydroxyl groups excluding tert-OH is 3. The molecule has 1 saturated heterocycles. The van der Waals surface area contributed by atoms with Crippen LogP contribution in [0.2, 0.25) is 0 Å². The molecule has 9 heteroatoms. The van der Waals surface area contributed by atoms with E-state index in [4.69, 9.17) is 4.74 Å². The molecule has 2 aliphatic rings. The molecule has 202 valence electrons. The Morgan fingerprint density at radius 3 is 2.53 bits per heavy atom. The summed E-state index contributed by atoms with van der Waals surface area (Å²) in [5.74, 6) is -2.53. The summed E-state index contributed by atoms with van der Waals surface area (Å²) in [6.07, 6.45) is 1.93. The normalized spacial score (nSPS) is 22.6. The van der Waals surface area contributed by atoms with Crippen LogP contribution in [0.1, 0.15) is 31.7 Å². The second kappa shape index (κ2) is 12.0. The van der Waals surface area contributed by atoms with Gasteiger partial charge in [-0.2, -0.15) is 0 Å². The molecule has 4 rings (SSSR count). The lowest BCUT2D eigenvalue weighted by Crippen LogP contribution is -2.39. The molecule has 38 heavy (non-hydrogen) atoms. The van der Waals surface area contributed by atoms with Crippen LogP contribution in [0.4, 0.5) is 5.69 Å². The van der Waals surface area contributed by atoms with Gasteiger partial charge >= 0.3 is 0 Å². The Bertz CT molecular complexity index is 1270. The number of rotatable bonds is 9. The van der Waals surface area contributed by atoms with Crippen molar-refractivity contribution in [3.8, 4) is 11.5 Å². The van der Waals surface area contributed by atoms with Gasteiger partial charge in [0.1, 0.15) is 0 Å². The van der Waals surface area contributed by atoms with Gasteiger partial charge in [-0.25, -0.2) is 0 Å². The van der Waals surface area contributed by atoms with Gasteiger partial charge in [0.05, 0.1) is 47.5 Å². The topological polar surface area (TPSA) is 128 Å². The number of methoxy groups -OCH3 is 1. The molecule has 4 N–H and O–H groups in total. The number of ether oxygens (including phenoxy) is 1. The number of hydrogen-bond donors (Lipinski definition) is 4. The summed E-state index contributed by atoms with van der Waals surface area (Å²) < 4.78 is 5.88. The summed E-state index contributed by atoms with van der Waals surface area (Å²) in [6.45, 7) is 1.15. The zero-order chi connectivity index (χ0) is 27.6. The predicted molar refractivity (Wildman–Crippen MR) is 151 cm³/mol. The number of amides is 2. The number of anilines is 1. The highest BCUT2D eigenvalue weighted by Gasteiger charge is 2.55. The van der Waals surface area contributed by atoms with Gasteiger partial charge in [-0.3, -0.25) is 14.5 Å². The molecule has 0 saturated carbocycles. The monoisotopic (exact) mass is 633 g/mol. The minimum atomic E-state index is -0.998. The maximum atomic E-state index is 13.4. The fourth-order valence-corrected chi connectivity index (χ4v) is 6.27. The first-order valence-electron chi connectivity index (χ1n) is 12.5. The van der Waals surface area contributed by atoms with Crippen molar-refractivity contribution in [2.24, 2.45) is 17.8 Å². The maximum Gasteiger partial charge on any atom is 0.238 e. The number of halogens is 1. The summed E-state index contributed by atoms with van der Waals surface area (Å²) in [4.78, 5) is 27.9. The van der Waals surface area contributed by atoms with Gasteiger partial charge in [-0.05, 0) is 89.8 Å². The van der Waals surface area contributed by atoms with Crippen LogP contribution in [0.3, 0.4) is 0 Å². The molecule has 8 nitrogen and oxygen atoms in total. The van der Waals surface area contributed by atoms with Crippen LogP contribution >= 0.6 is 22.6 Å². The van der Waals surface area contributed by atoms with Crippen molar-refractivity contribution in [2.75, 3.05) is 25.2 Å². The Hall–Kier alpha value is -2.73. The summed E-state index contributed by atoms with van der Waals surface area (Å²) >= 11 is 2.03. The van der Waals surface area contributed by atoms with E-state index in [1.807, 2.05) is 41.7 Å². The number of carbonyl (C=O) groups is 2. The second-order valence-corrected chi connectivity index (χ2v) is 11.0. The molecule has 0 bridgehead atoms. The molecule has 0 spiro atoms. The molecule has 0 aromatic heterocycles. The van der Waals surface area contributed by atoms with Crippen LogP contribution in [0.25, 0.3) is 6.08 Å². The summed E-state index contributed by atoms with van der Waals surface area (Å²) in [7, 11) is 1.49. The lowest BCUT2D eigenvalue weighted by molar-refractivity contribution is -0.123. The van der Waals surface area contributed by atoms with Crippen molar-refractivity contribution >= 4 is 46.2 Å². The van der Waals surface area contributed by atoms with Crippen LogP contribution in [0.15, 0.2) is 59.2 Å². The van der Waals surface area contributed by atoms with Crippen molar-refractivity contribution < 1.29 is 34.8 Å². The summed E-state index contributed by atoms with van der Waals surface area (Å²) in [5, 5.41) is 41.8. The van der Waals surface area contributed by atoms with E-state index >= 15 is 0 Å². The highest BCUT2D eigenvalue weighted by Crippen LogP contribution is 2.47. The largest absolute Gasteiger partial charge is 0.504 e. The number of nitrogens with zero attached hydrogens (tertiary/aromatic N) is 1. The van der Waals surface area contributed by atoms with Gasteiger partial charge in [0, 0.05) is 5.92 Å². The third-order valence-corrected chi connectivity index (χ3v) is 8.26. The first kappa shape index (κ1) is 28.3. The van der Waals surface area contributed by atoms with Gasteiger partial charge in [0.25, 0.3) is 0 Å². The van der Waals surface area contributed by atoms with Gasteiger partial charge in [0.2, 0.25) is 11.8 Å². The Kier molecular flexibility index (Phi) is 8.92. The molecule has 1 fully saturated rings. The number of allylic oxidation sites excluding steroid dienone is 1. The number of phenols is 1. The number of fused-ring (bicyclic) bond motifs is 1. The number of benzene rings is 2. The average molecular weight is 633 g/mol. The van der Waals surface area contributed by atoms with E-state index < -0.39 is 30.5 Å². The molecule has 2 aromatic rings. The number of aliphatic hydroxyl groups is 3. The highest BCUT2D eigenvalue weighted by atomic mass is 127. The van der Waals surface area contributed by atoms with E-state index in [-0.39, 0.29) is 30.6 Å². The van der Waals surface area contributed by atoms with E-state index in [0.717, 1.165) is 11.1 Å². The number of carbonyl (C=O) groups excluding carboxylic acids is 2. The molecule has 2 amide bonds. The predicted octanol–water partition coefficient (Wildman–Crippen LogP) is 3.66. The van der Waals surface area contributed by atoms with Crippen molar-refractivity contribution in [3.63, 3.8) is 0 Å². The molecular formula is C29H32INO7. The zero-order valence-corrected chi connectivity index (χ0v) is 23.5. The van der Waals surface area contributed by atoms with Crippen LogP contribution in [-0.4, -0.2) is 58.7 Å². The minimum Gasteiger partial charge on any atom is -0.504 e. The summed E-state index contributed by atoms with van der Waals surface area (Å²) in [6, 6.07) is 12.2. The van der Waals surface area contributed by atoms with Crippen molar-refractivity contribution in [3.05, 3.63) is 68.3 Å². The van der Waals surface area contributed by atoms with Crippen LogP contribution < -0.4 is 9.64 Å². The first-order valence-corrected chi connectivity index (χ1v) is 13.6. The fraction of sp³-hybridized carbons (Fsp3) is 0.379. The highest BCUT2D eigenvalue weighted by molar-refractivity contribution is 14.1. The van der Waals surface area contributed by atoms with E-state index in [9.17, 15) is 30.0 Å². The SMILES string of the molecule is COc1cc(/C=C(\C)CC[C@@H](O)C2=C(CO)C[C@H]3C(=O)N(c4ccccc4)C(=O)[C@H]3[C@H]2CO)cc(I)c1O. The number of para-hydroxylation sites is 1. The van der Waals surface area contributed by atoms with E-state index in [0.29, 0.717) is 39.0 Å². The van der Waals surface area contributed by atoms with Crippen molar-refractivity contribution in [1.29, 1.82) is 0 Å². The molecule has 2 aromatic carbocycles. The number of hydrogen-bond acceptors (Lipinski definition) is 7. The Labute approximate surface area is 235 Å². The molecule has 4 atom stereocenters. The van der Waals surface area contributed by atoms with E-state index in [1.165, 1.54) is 12.0 Å². The molecule has 0 radical (unpaired) electrons. The van der Waals surface area contributed by atoms with Crippen molar-refractivity contribution in [2.45, 2.75) is 32.3 Å². The minimum absolute atomic E-state index is 0.0817. The molecule has 0 unspecified atom stereocenters. The fourth-order valence-electron chi connectivity index (χ4n) is 5.65. The Balaban J connectivity index is 1.55. The Morgan fingerprint density at radius 1 is 1.18 bits per heavy atom. The van der Waals surface area contributed by atoms with E-state index in [2.05, 4.69) is 0 Å². The van der Waals surface area contributed by atoms with Gasteiger partial charge in [-0.15, -0.1) is 0 Å². The summed E-state index contributed by atoms with van der Waals surface area (Å²) in [5.41, 5.74) is 3.25. The molecular weight excluding hydrogens is 601 g/mol. The average Bonchev–Trinajstić information content (AvgIpc) is 3.17. The first-order chi connectivity index (χ1) is 18.2. The number of imide groups is 1. The standard InChI is InChI=1S/C29H32INO7/c1-16(10-17-11-22(30)27(35)24(12-17)38-2)8-9-23(34)25-18(14-32)13-20-26(21(25)15-33)29(37)31(28(20)36)19-6-4-3-5-7-19/h3-7,10-12,20-21,23,26,32-35H,8-9,13-15H2,1-2H3/b16-10+/t20-,21+,23-,26-/m1/s1. The van der Waals surface area contributed by atoms with Crippen molar-refractivity contribution in [1.82, 2.24) is 0 Å². The van der Waals surface area contributed by atoms with Gasteiger partial charge in [-0.1, -0.05) is 29.8 Å². The number of aromatic hydroxyl groups is 1. The second-order valence-electron chi connectivity index (χ2n) is 9.79. The quantitative estimate of drug-likeness (QED) is 0.189. The smallest absolute Gasteiger partial charge is 0.238 e. The van der Waals surface area contributed by atoms with Gasteiger partial charge < -0.3 is 25.2 Å². The van der Waals surface area contributed by atoms with Crippen LogP contribution in [0.5, 0.6) is 11.5 Å². The van der Waals surface area contributed by atoms with E-state index in [1.54, 1.807) is 36.4 Å².